The Balaban J connectivity index is 1.91. The average Bonchev–Trinajstić information content (AvgIpc) is 2.92. The fraction of sp³-hybridized carbons (Fsp3) is 0.500. The molecular formula is C12H17N3O4S. The van der Waals surface area contributed by atoms with E-state index in [1.807, 2.05) is 0 Å². The van der Waals surface area contributed by atoms with Gasteiger partial charge in [0.25, 0.3) is 0 Å². The molecule has 1 aliphatic heterocycles. The van der Waals surface area contributed by atoms with Gasteiger partial charge >= 0.3 is 0 Å². The second-order valence-electron chi connectivity index (χ2n) is 4.61. The second kappa shape index (κ2) is 6.19. The van der Waals surface area contributed by atoms with E-state index in [-0.39, 0.29) is 23.8 Å². The van der Waals surface area contributed by atoms with E-state index in [0.717, 1.165) is 38.2 Å². The van der Waals surface area contributed by atoms with Crippen LogP contribution < -0.4 is 10.2 Å². The lowest BCUT2D eigenvalue weighted by molar-refractivity contribution is -0.129. The minimum Gasteiger partial charge on any atom is -0.366 e. The van der Waals surface area contributed by atoms with Gasteiger partial charge in [-0.25, -0.2) is 13.1 Å². The van der Waals surface area contributed by atoms with Crippen molar-refractivity contribution in [1.29, 1.82) is 0 Å². The van der Waals surface area contributed by atoms with Gasteiger partial charge in [-0.2, -0.15) is 0 Å². The van der Waals surface area contributed by atoms with Crippen LogP contribution in [0.5, 0.6) is 0 Å². The van der Waals surface area contributed by atoms with Crippen LogP contribution >= 0.6 is 0 Å². The molecule has 1 amide bonds. The Hall–Kier alpha value is -1.67. The van der Waals surface area contributed by atoms with E-state index >= 15 is 0 Å². The average molecular weight is 299 g/mol. The first-order chi connectivity index (χ1) is 9.50. The van der Waals surface area contributed by atoms with Crippen LogP contribution in [0.4, 0.5) is 0 Å². The van der Waals surface area contributed by atoms with E-state index in [1.165, 1.54) is 6.20 Å². The van der Waals surface area contributed by atoms with Crippen LogP contribution in [-0.4, -0.2) is 43.8 Å². The zero-order chi connectivity index (χ0) is 14.6. The van der Waals surface area contributed by atoms with Gasteiger partial charge in [-0.05, 0) is 12.8 Å². The lowest BCUT2D eigenvalue weighted by Gasteiger charge is -2.15. The van der Waals surface area contributed by atoms with Crippen molar-refractivity contribution in [3.05, 3.63) is 28.7 Å². The highest BCUT2D eigenvalue weighted by Gasteiger charge is 2.20. The number of H-pyrrole nitrogens is 1. The Bertz CT molecular complexity index is 632. The highest BCUT2D eigenvalue weighted by molar-refractivity contribution is 7.89. The molecule has 0 atom stereocenters. The quantitative estimate of drug-likeness (QED) is 0.777. The first-order valence-corrected chi connectivity index (χ1v) is 7.93. The molecule has 2 rings (SSSR count). The van der Waals surface area contributed by atoms with Crippen molar-refractivity contribution in [1.82, 2.24) is 14.6 Å². The molecule has 0 spiro atoms. The van der Waals surface area contributed by atoms with Crippen molar-refractivity contribution in [3.63, 3.8) is 0 Å². The molecule has 0 aliphatic carbocycles. The molecule has 1 fully saturated rings. The Morgan fingerprint density at radius 1 is 1.35 bits per heavy atom. The first kappa shape index (κ1) is 14.7. The monoisotopic (exact) mass is 299 g/mol. The van der Waals surface area contributed by atoms with Crippen LogP contribution in [-0.2, 0) is 14.8 Å². The van der Waals surface area contributed by atoms with Crippen molar-refractivity contribution in [2.75, 3.05) is 19.6 Å². The van der Waals surface area contributed by atoms with Gasteiger partial charge < -0.3 is 9.88 Å². The van der Waals surface area contributed by atoms with E-state index in [4.69, 9.17) is 0 Å². The number of aromatic amines is 1. The van der Waals surface area contributed by atoms with Gasteiger partial charge in [0.05, 0.1) is 0 Å². The first-order valence-electron chi connectivity index (χ1n) is 6.45. The van der Waals surface area contributed by atoms with Crippen LogP contribution in [0.1, 0.15) is 19.3 Å². The molecule has 1 aromatic heterocycles. The van der Waals surface area contributed by atoms with Gasteiger partial charge in [-0.3, -0.25) is 9.59 Å². The highest BCUT2D eigenvalue weighted by atomic mass is 32.2. The molecule has 8 heteroatoms. The summed E-state index contributed by atoms with van der Waals surface area (Å²) in [6.07, 6.45) is 4.59. The summed E-state index contributed by atoms with van der Waals surface area (Å²) in [7, 11) is -3.87. The molecular weight excluding hydrogens is 282 g/mol. The largest absolute Gasteiger partial charge is 0.366 e. The molecule has 2 heterocycles. The number of rotatable bonds is 5. The standard InChI is InChI=1S/C12H17N3O4S/c16-10-3-5-13-9-11(10)20(18,19)14-6-4-12(17)15-7-1-2-8-15/h3,5,9,14H,1-2,4,6-8H2,(H,13,16). The summed E-state index contributed by atoms with van der Waals surface area (Å²) in [4.78, 5) is 27.2. The summed E-state index contributed by atoms with van der Waals surface area (Å²) < 4.78 is 26.1. The Labute approximate surface area is 117 Å². The molecule has 0 aromatic carbocycles. The molecule has 1 saturated heterocycles. The van der Waals surface area contributed by atoms with E-state index in [9.17, 15) is 18.0 Å². The van der Waals surface area contributed by atoms with E-state index in [2.05, 4.69) is 9.71 Å². The van der Waals surface area contributed by atoms with Gasteiger partial charge in [-0.1, -0.05) is 0 Å². The molecule has 110 valence electrons. The number of hydrogen-bond acceptors (Lipinski definition) is 4. The van der Waals surface area contributed by atoms with Gasteiger partial charge in [0.2, 0.25) is 21.4 Å². The molecule has 0 unspecified atom stereocenters. The molecule has 7 nitrogen and oxygen atoms in total. The third-order valence-corrected chi connectivity index (χ3v) is 4.65. The van der Waals surface area contributed by atoms with Crippen molar-refractivity contribution < 1.29 is 13.2 Å². The third kappa shape index (κ3) is 3.45. The second-order valence-corrected chi connectivity index (χ2v) is 6.34. The number of pyridine rings is 1. The van der Waals surface area contributed by atoms with Gasteiger partial charge in [0.1, 0.15) is 4.90 Å². The molecule has 0 bridgehead atoms. The predicted octanol–water partition coefficient (Wildman–Crippen LogP) is -0.334. The number of hydrogen-bond donors (Lipinski definition) is 2. The van der Waals surface area contributed by atoms with Crippen LogP contribution in [0.2, 0.25) is 0 Å². The SMILES string of the molecule is O=C(CCNS(=O)(=O)c1c[nH]ccc1=O)N1CCCC1. The number of amides is 1. The number of nitrogens with one attached hydrogen (secondary N) is 2. The van der Waals surface area contributed by atoms with Crippen LogP contribution in [0, 0.1) is 0 Å². The topological polar surface area (TPSA) is 99.3 Å². The van der Waals surface area contributed by atoms with E-state index in [0.29, 0.717) is 0 Å². The molecule has 2 N–H and O–H groups in total. The Morgan fingerprint density at radius 2 is 2.05 bits per heavy atom. The number of likely N-dealkylation sites (tertiary alicyclic amines) is 1. The number of nitrogens with zero attached hydrogens (tertiary/aromatic N) is 1. The molecule has 1 aliphatic rings. The maximum atomic E-state index is 11.9. The molecule has 0 saturated carbocycles. The maximum Gasteiger partial charge on any atom is 0.245 e. The van der Waals surface area contributed by atoms with Crippen molar-refractivity contribution in [2.24, 2.45) is 0 Å². The summed E-state index contributed by atoms with van der Waals surface area (Å²) >= 11 is 0. The fourth-order valence-corrected chi connectivity index (χ4v) is 3.19. The summed E-state index contributed by atoms with van der Waals surface area (Å²) in [5, 5.41) is 0. The zero-order valence-electron chi connectivity index (χ0n) is 11.0. The van der Waals surface area contributed by atoms with E-state index < -0.39 is 15.5 Å². The van der Waals surface area contributed by atoms with E-state index in [1.54, 1.807) is 4.90 Å². The molecule has 20 heavy (non-hydrogen) atoms. The predicted molar refractivity (Wildman–Crippen MR) is 72.7 cm³/mol. The number of sulfonamides is 1. The van der Waals surface area contributed by atoms with Crippen molar-refractivity contribution in [3.8, 4) is 0 Å². The maximum absolute atomic E-state index is 11.9. The smallest absolute Gasteiger partial charge is 0.245 e. The Morgan fingerprint density at radius 3 is 2.70 bits per heavy atom. The van der Waals surface area contributed by atoms with Gasteiger partial charge in [0.15, 0.2) is 0 Å². The fourth-order valence-electron chi connectivity index (χ4n) is 2.11. The summed E-state index contributed by atoms with van der Waals surface area (Å²) in [6, 6.07) is 1.14. The lowest BCUT2D eigenvalue weighted by Crippen LogP contribution is -2.34. The van der Waals surface area contributed by atoms with Crippen LogP contribution in [0.25, 0.3) is 0 Å². The van der Waals surface area contributed by atoms with Crippen molar-refractivity contribution in [2.45, 2.75) is 24.2 Å². The normalized spacial score (nSPS) is 15.5. The lowest BCUT2D eigenvalue weighted by atomic mass is 10.4. The number of aromatic nitrogens is 1. The minimum atomic E-state index is -3.87. The van der Waals surface area contributed by atoms with Crippen molar-refractivity contribution >= 4 is 15.9 Å². The molecule has 0 radical (unpaired) electrons. The number of carbonyl (C=O) groups is 1. The zero-order valence-corrected chi connectivity index (χ0v) is 11.8. The summed E-state index contributed by atoms with van der Waals surface area (Å²) in [6.45, 7) is 1.47. The summed E-state index contributed by atoms with van der Waals surface area (Å²) in [5.74, 6) is -0.0628. The highest BCUT2D eigenvalue weighted by Crippen LogP contribution is 2.08. The van der Waals surface area contributed by atoms with Gasteiger partial charge in [-0.15, -0.1) is 0 Å². The summed E-state index contributed by atoms with van der Waals surface area (Å²) in [5.41, 5.74) is -0.581. The van der Waals surface area contributed by atoms with Gasteiger partial charge in [0, 0.05) is 44.5 Å². The Kier molecular flexibility index (Phi) is 4.56. The number of carbonyl (C=O) groups excluding carboxylic acids is 1. The van der Waals surface area contributed by atoms with Crippen LogP contribution in [0.15, 0.2) is 28.2 Å². The minimum absolute atomic E-state index is 0.00794. The third-order valence-electron chi connectivity index (χ3n) is 3.17. The molecule has 1 aromatic rings. The van der Waals surface area contributed by atoms with Crippen LogP contribution in [0.3, 0.4) is 0 Å².